The van der Waals surface area contributed by atoms with E-state index in [-0.39, 0.29) is 22.9 Å². The second kappa shape index (κ2) is 7.51. The molecule has 166 valence electrons. The zero-order valence-corrected chi connectivity index (χ0v) is 19.0. The number of hydrogen-bond acceptors (Lipinski definition) is 4. The molecule has 0 fully saturated rings. The Morgan fingerprint density at radius 3 is 2.41 bits per heavy atom. The van der Waals surface area contributed by atoms with Gasteiger partial charge in [0.2, 0.25) is 0 Å². The number of carbonyl (C=O) groups excluding carboxylic acids is 1. The molecule has 0 aromatic heterocycles. The summed E-state index contributed by atoms with van der Waals surface area (Å²) >= 11 is 0. The van der Waals surface area contributed by atoms with E-state index in [1.54, 1.807) is 26.4 Å². The van der Waals surface area contributed by atoms with Gasteiger partial charge in [0.1, 0.15) is 5.82 Å². The summed E-state index contributed by atoms with van der Waals surface area (Å²) in [5.74, 6) is 1.13. The zero-order chi connectivity index (χ0) is 22.6. The summed E-state index contributed by atoms with van der Waals surface area (Å²) in [7, 11) is 3.29. The molecule has 2 aliphatic heterocycles. The molecule has 0 saturated heterocycles. The summed E-state index contributed by atoms with van der Waals surface area (Å²) in [5, 5.41) is 0. The first-order chi connectivity index (χ1) is 15.3. The Balaban J connectivity index is 1.71. The van der Waals surface area contributed by atoms with Crippen molar-refractivity contribution in [3.05, 3.63) is 76.3 Å². The van der Waals surface area contributed by atoms with Gasteiger partial charge in [-0.3, -0.25) is 4.79 Å². The number of allylic oxidation sites excluding steroid dienone is 3. The van der Waals surface area contributed by atoms with E-state index >= 15 is 0 Å². The molecule has 0 N–H and O–H groups in total. The van der Waals surface area contributed by atoms with Gasteiger partial charge in [0.25, 0.3) is 0 Å². The highest BCUT2D eigenvalue weighted by Crippen LogP contribution is 2.51. The number of methoxy groups -OCH3 is 2. The molecule has 5 rings (SSSR count). The first-order valence-electron chi connectivity index (χ1n) is 11.1. The predicted molar refractivity (Wildman–Crippen MR) is 122 cm³/mol. The van der Waals surface area contributed by atoms with Gasteiger partial charge in [0.15, 0.2) is 17.3 Å². The zero-order valence-electron chi connectivity index (χ0n) is 19.0. The summed E-state index contributed by atoms with van der Waals surface area (Å²) in [6.45, 7) is 5.13. The molecule has 0 spiro atoms. The third-order valence-corrected chi connectivity index (χ3v) is 6.87. The van der Waals surface area contributed by atoms with Gasteiger partial charge in [-0.15, -0.1) is 0 Å². The maximum absolute atomic E-state index is 13.7. The average Bonchev–Trinajstić information content (AvgIpc) is 2.77. The van der Waals surface area contributed by atoms with Crippen LogP contribution in [0.4, 0.5) is 4.39 Å². The third-order valence-electron chi connectivity index (χ3n) is 6.87. The SMILES string of the molecule is COc1cc2c(cc1OC)C1=C[C@H](c3ccc(F)cc3)C3=C(CC(C)(C)CC3=O)N1CC2. The molecule has 1 atom stereocenters. The van der Waals surface area contributed by atoms with Crippen LogP contribution in [0.1, 0.15) is 49.3 Å². The highest BCUT2D eigenvalue weighted by Gasteiger charge is 2.42. The fourth-order valence-corrected chi connectivity index (χ4v) is 5.39. The number of nitrogens with zero attached hydrogens (tertiary/aromatic N) is 1. The molecule has 2 aromatic carbocycles. The van der Waals surface area contributed by atoms with Crippen molar-refractivity contribution in [3.63, 3.8) is 0 Å². The van der Waals surface area contributed by atoms with Gasteiger partial charge in [-0.2, -0.15) is 0 Å². The number of rotatable bonds is 3. The van der Waals surface area contributed by atoms with Crippen molar-refractivity contribution in [2.45, 2.75) is 39.0 Å². The van der Waals surface area contributed by atoms with Gasteiger partial charge in [0, 0.05) is 41.4 Å². The van der Waals surface area contributed by atoms with Crippen LogP contribution in [-0.4, -0.2) is 31.4 Å². The normalized spacial score (nSPS) is 21.4. The van der Waals surface area contributed by atoms with Crippen molar-refractivity contribution >= 4 is 11.5 Å². The molecule has 3 aliphatic rings. The molecule has 0 saturated carbocycles. The second-order valence-corrected chi connectivity index (χ2v) is 9.65. The van der Waals surface area contributed by atoms with Crippen LogP contribution in [0.3, 0.4) is 0 Å². The van der Waals surface area contributed by atoms with Crippen molar-refractivity contribution in [1.29, 1.82) is 0 Å². The molecule has 1 aliphatic carbocycles. The van der Waals surface area contributed by atoms with E-state index in [0.717, 1.165) is 53.2 Å². The molecule has 5 heteroatoms. The van der Waals surface area contributed by atoms with Crippen LogP contribution in [0.25, 0.3) is 5.70 Å². The van der Waals surface area contributed by atoms with E-state index in [1.165, 1.54) is 17.7 Å². The molecular formula is C27H28FNO3. The number of carbonyl (C=O) groups is 1. The van der Waals surface area contributed by atoms with Crippen molar-refractivity contribution in [2.75, 3.05) is 20.8 Å². The van der Waals surface area contributed by atoms with Crippen LogP contribution >= 0.6 is 0 Å². The summed E-state index contributed by atoms with van der Waals surface area (Å²) in [6, 6.07) is 10.6. The topological polar surface area (TPSA) is 38.8 Å². The van der Waals surface area contributed by atoms with Gasteiger partial charge < -0.3 is 14.4 Å². The number of halogens is 1. The highest BCUT2D eigenvalue weighted by molar-refractivity contribution is 6.01. The van der Waals surface area contributed by atoms with E-state index < -0.39 is 0 Å². The van der Waals surface area contributed by atoms with Crippen LogP contribution in [0, 0.1) is 11.2 Å². The van der Waals surface area contributed by atoms with E-state index in [2.05, 4.69) is 30.9 Å². The third kappa shape index (κ3) is 3.31. The van der Waals surface area contributed by atoms with Gasteiger partial charge in [0.05, 0.1) is 14.2 Å². The van der Waals surface area contributed by atoms with Crippen LogP contribution < -0.4 is 9.47 Å². The lowest BCUT2D eigenvalue weighted by atomic mass is 9.69. The average molecular weight is 434 g/mol. The minimum absolute atomic E-state index is 0.0937. The van der Waals surface area contributed by atoms with Crippen molar-refractivity contribution in [3.8, 4) is 11.5 Å². The Kier molecular flexibility index (Phi) is 4.88. The number of benzene rings is 2. The smallest absolute Gasteiger partial charge is 0.162 e. The largest absolute Gasteiger partial charge is 0.493 e. The molecule has 4 nitrogen and oxygen atoms in total. The Bertz CT molecular complexity index is 1160. The number of fused-ring (bicyclic) bond motifs is 4. The molecule has 0 radical (unpaired) electrons. The molecule has 0 bridgehead atoms. The fourth-order valence-electron chi connectivity index (χ4n) is 5.39. The number of Topliss-reactive ketones (excluding diaryl/α,β-unsaturated/α-hetero) is 1. The minimum Gasteiger partial charge on any atom is -0.493 e. The molecule has 0 amide bonds. The standard InChI is InChI=1S/C27H28FNO3/c1-27(2)14-22-26(23(30)15-27)20(16-5-7-18(28)8-6-16)12-21-19-13-25(32-4)24(31-3)11-17(19)9-10-29(21)22/h5-8,11-13,20H,9-10,14-15H2,1-4H3/t20-/m1/s1. The number of hydrogen-bond donors (Lipinski definition) is 0. The maximum atomic E-state index is 13.7. The second-order valence-electron chi connectivity index (χ2n) is 9.65. The van der Waals surface area contributed by atoms with Crippen LogP contribution in [-0.2, 0) is 11.2 Å². The summed E-state index contributed by atoms with van der Waals surface area (Å²) in [5.41, 5.74) is 6.21. The van der Waals surface area contributed by atoms with Crippen molar-refractivity contribution in [1.82, 2.24) is 4.90 Å². The molecule has 32 heavy (non-hydrogen) atoms. The number of ketones is 1. The van der Waals surface area contributed by atoms with E-state index in [9.17, 15) is 9.18 Å². The van der Waals surface area contributed by atoms with Crippen molar-refractivity contribution < 1.29 is 18.7 Å². The van der Waals surface area contributed by atoms with Crippen LogP contribution in [0.15, 0.2) is 53.7 Å². The highest BCUT2D eigenvalue weighted by atomic mass is 19.1. The molecule has 0 unspecified atom stereocenters. The minimum atomic E-state index is -0.274. The van der Waals surface area contributed by atoms with Crippen LogP contribution in [0.5, 0.6) is 11.5 Å². The van der Waals surface area contributed by atoms with Gasteiger partial charge in [-0.25, -0.2) is 4.39 Å². The number of ether oxygens (including phenoxy) is 2. The Hall–Kier alpha value is -3.08. The quantitative estimate of drug-likeness (QED) is 0.642. The van der Waals surface area contributed by atoms with E-state index in [0.29, 0.717) is 12.2 Å². The summed E-state index contributed by atoms with van der Waals surface area (Å²) in [6.07, 6.45) is 4.40. The van der Waals surface area contributed by atoms with E-state index in [4.69, 9.17) is 9.47 Å². The summed E-state index contributed by atoms with van der Waals surface area (Å²) in [4.78, 5) is 15.7. The lowest BCUT2D eigenvalue weighted by Crippen LogP contribution is -2.40. The first-order valence-corrected chi connectivity index (χ1v) is 11.1. The van der Waals surface area contributed by atoms with Gasteiger partial charge in [-0.1, -0.05) is 26.0 Å². The first kappa shape index (κ1) is 20.8. The Labute approximate surface area is 188 Å². The van der Waals surface area contributed by atoms with E-state index in [1.807, 2.05) is 6.07 Å². The molecule has 2 heterocycles. The molecule has 2 aromatic rings. The maximum Gasteiger partial charge on any atom is 0.162 e. The monoisotopic (exact) mass is 433 g/mol. The molecular weight excluding hydrogens is 405 g/mol. The fraction of sp³-hybridized carbons (Fsp3) is 0.370. The van der Waals surface area contributed by atoms with Gasteiger partial charge in [-0.05, 0) is 59.7 Å². The summed E-state index contributed by atoms with van der Waals surface area (Å²) < 4.78 is 24.8. The Morgan fingerprint density at radius 1 is 1.03 bits per heavy atom. The predicted octanol–water partition coefficient (Wildman–Crippen LogP) is 5.48. The van der Waals surface area contributed by atoms with Crippen LogP contribution in [0.2, 0.25) is 0 Å². The van der Waals surface area contributed by atoms with Crippen molar-refractivity contribution in [2.24, 2.45) is 5.41 Å². The lowest BCUT2D eigenvalue weighted by molar-refractivity contribution is -0.118. The lowest BCUT2D eigenvalue weighted by Gasteiger charge is -2.46. The van der Waals surface area contributed by atoms with Gasteiger partial charge >= 0.3 is 0 Å². The Morgan fingerprint density at radius 2 is 1.72 bits per heavy atom.